The van der Waals surface area contributed by atoms with Gasteiger partial charge in [-0.1, -0.05) is 0 Å². The first kappa shape index (κ1) is 17.0. The topological polar surface area (TPSA) is 72.7 Å². The summed E-state index contributed by atoms with van der Waals surface area (Å²) in [6.07, 6.45) is 1.30. The number of rotatable bonds is 2. The van der Waals surface area contributed by atoms with E-state index in [4.69, 9.17) is 4.74 Å². The maximum Gasteiger partial charge on any atom is 0.412 e. The molecule has 7 heteroatoms. The van der Waals surface area contributed by atoms with Crippen LogP contribution in [0.4, 0.5) is 10.5 Å². The molecule has 1 aromatic heterocycles. The Labute approximate surface area is 138 Å². The second-order valence-corrected chi connectivity index (χ2v) is 6.79. The van der Waals surface area contributed by atoms with E-state index in [-0.39, 0.29) is 5.91 Å². The van der Waals surface area contributed by atoms with Crippen LogP contribution >= 0.6 is 11.3 Å². The quantitative estimate of drug-likeness (QED) is 0.917. The summed E-state index contributed by atoms with van der Waals surface area (Å²) in [7, 11) is 1.83. The fourth-order valence-electron chi connectivity index (χ4n) is 1.70. The normalized spacial score (nSPS) is 12.1. The van der Waals surface area contributed by atoms with E-state index in [2.05, 4.69) is 10.3 Å². The van der Waals surface area contributed by atoms with Crippen molar-refractivity contribution < 1.29 is 14.3 Å². The molecule has 0 saturated heterocycles. The molecule has 0 aliphatic rings. The summed E-state index contributed by atoms with van der Waals surface area (Å²) in [5.41, 5.74) is 0.445. The van der Waals surface area contributed by atoms with Gasteiger partial charge in [0.05, 0.1) is 0 Å². The molecular formula is C16H19N3O3S. The van der Waals surface area contributed by atoms with E-state index in [9.17, 15) is 9.59 Å². The van der Waals surface area contributed by atoms with E-state index in [1.54, 1.807) is 49.6 Å². The summed E-state index contributed by atoms with van der Waals surface area (Å²) in [4.78, 5) is 28.5. The molecule has 2 aromatic rings. The molecule has 0 radical (unpaired) electrons. The first-order chi connectivity index (χ1) is 10.7. The van der Waals surface area contributed by atoms with E-state index in [0.717, 1.165) is 0 Å². The van der Waals surface area contributed by atoms with Gasteiger partial charge in [-0.3, -0.25) is 10.1 Å². The zero-order chi connectivity index (χ0) is 17.0. The van der Waals surface area contributed by atoms with Crippen LogP contribution in [0.1, 0.15) is 31.1 Å². The summed E-state index contributed by atoms with van der Waals surface area (Å²) in [6.45, 7) is 5.38. The summed E-state index contributed by atoms with van der Waals surface area (Å²) in [6, 6.07) is 6.51. The van der Waals surface area contributed by atoms with Crippen molar-refractivity contribution in [1.82, 2.24) is 4.57 Å². The van der Waals surface area contributed by atoms with Crippen LogP contribution in [0, 0.1) is 0 Å². The minimum atomic E-state index is -0.560. The van der Waals surface area contributed by atoms with Crippen LogP contribution in [0.25, 0.3) is 0 Å². The lowest BCUT2D eigenvalue weighted by Gasteiger charge is -2.19. The number of amides is 2. The Balaban J connectivity index is 2.07. The zero-order valence-corrected chi connectivity index (χ0v) is 14.3. The summed E-state index contributed by atoms with van der Waals surface area (Å²) < 4.78 is 6.94. The monoisotopic (exact) mass is 333 g/mol. The van der Waals surface area contributed by atoms with Crippen molar-refractivity contribution in [2.45, 2.75) is 26.4 Å². The van der Waals surface area contributed by atoms with Crippen LogP contribution in [0.5, 0.6) is 0 Å². The fourth-order valence-corrected chi connectivity index (χ4v) is 2.43. The summed E-state index contributed by atoms with van der Waals surface area (Å²) in [5.74, 6) is -0.327. The van der Waals surface area contributed by atoms with Gasteiger partial charge in [0.2, 0.25) is 0 Å². The van der Waals surface area contributed by atoms with Crippen molar-refractivity contribution in [3.05, 3.63) is 46.2 Å². The number of nitrogens with one attached hydrogen (secondary N) is 1. The molecular weight excluding hydrogens is 314 g/mol. The van der Waals surface area contributed by atoms with Crippen LogP contribution in [-0.2, 0) is 11.8 Å². The van der Waals surface area contributed by atoms with Gasteiger partial charge in [-0.15, -0.1) is 11.3 Å². The lowest BCUT2D eigenvalue weighted by molar-refractivity contribution is 0.0636. The number of aromatic nitrogens is 1. The third-order valence-electron chi connectivity index (χ3n) is 2.73. The molecule has 122 valence electrons. The van der Waals surface area contributed by atoms with E-state index >= 15 is 0 Å². The number of aryl methyl sites for hydroxylation is 1. The lowest BCUT2D eigenvalue weighted by Crippen LogP contribution is -2.27. The molecule has 2 amide bonds. The summed E-state index contributed by atoms with van der Waals surface area (Å²) >= 11 is 1.39. The lowest BCUT2D eigenvalue weighted by atomic mass is 10.2. The van der Waals surface area contributed by atoms with Gasteiger partial charge in [-0.05, 0) is 45.0 Å². The van der Waals surface area contributed by atoms with Crippen molar-refractivity contribution in [2.24, 2.45) is 12.0 Å². The van der Waals surface area contributed by atoms with Crippen LogP contribution in [0.15, 0.2) is 40.8 Å². The van der Waals surface area contributed by atoms with Gasteiger partial charge >= 0.3 is 6.09 Å². The molecule has 0 atom stereocenters. The van der Waals surface area contributed by atoms with Gasteiger partial charge in [0, 0.05) is 29.9 Å². The minimum Gasteiger partial charge on any atom is -0.444 e. The number of benzene rings is 1. The van der Waals surface area contributed by atoms with Crippen molar-refractivity contribution in [3.63, 3.8) is 0 Å². The predicted molar refractivity (Wildman–Crippen MR) is 89.5 cm³/mol. The van der Waals surface area contributed by atoms with Crippen molar-refractivity contribution >= 4 is 29.0 Å². The molecule has 0 bridgehead atoms. The average Bonchev–Trinajstić information content (AvgIpc) is 2.83. The van der Waals surface area contributed by atoms with Gasteiger partial charge in [0.1, 0.15) is 5.60 Å². The molecule has 0 fully saturated rings. The Morgan fingerprint density at radius 1 is 1.22 bits per heavy atom. The Morgan fingerprint density at radius 2 is 1.87 bits per heavy atom. The van der Waals surface area contributed by atoms with Gasteiger partial charge in [-0.2, -0.15) is 4.99 Å². The average molecular weight is 333 g/mol. The number of carbonyl (C=O) groups is 2. The van der Waals surface area contributed by atoms with Crippen molar-refractivity contribution in [1.29, 1.82) is 0 Å². The smallest absolute Gasteiger partial charge is 0.412 e. The van der Waals surface area contributed by atoms with E-state index in [1.807, 2.05) is 18.6 Å². The molecule has 1 heterocycles. The predicted octanol–water partition coefficient (Wildman–Crippen LogP) is 3.17. The number of ether oxygens (including phenoxy) is 1. The molecule has 1 N–H and O–H groups in total. The molecule has 6 nitrogen and oxygen atoms in total. The highest BCUT2D eigenvalue weighted by Gasteiger charge is 2.16. The zero-order valence-electron chi connectivity index (χ0n) is 13.5. The second kappa shape index (κ2) is 6.78. The third kappa shape index (κ3) is 5.07. The van der Waals surface area contributed by atoms with Crippen molar-refractivity contribution in [3.8, 4) is 0 Å². The molecule has 0 spiro atoms. The summed E-state index contributed by atoms with van der Waals surface area (Å²) in [5, 5.41) is 4.48. The minimum absolute atomic E-state index is 0.327. The van der Waals surface area contributed by atoms with Crippen LogP contribution in [0.2, 0.25) is 0 Å². The van der Waals surface area contributed by atoms with Crippen LogP contribution in [0.3, 0.4) is 0 Å². The maximum atomic E-state index is 12.1. The largest absolute Gasteiger partial charge is 0.444 e. The molecule has 0 aliphatic carbocycles. The fraction of sp³-hybridized carbons (Fsp3) is 0.312. The first-order valence-corrected chi connectivity index (χ1v) is 7.92. The molecule has 0 aliphatic heterocycles. The van der Waals surface area contributed by atoms with E-state index in [0.29, 0.717) is 16.1 Å². The van der Waals surface area contributed by atoms with E-state index < -0.39 is 11.7 Å². The standard InChI is InChI=1S/C16H19N3O3S/c1-16(2,3)22-15(21)17-12-7-5-11(6-8-12)13(20)18-14-19(4)9-10-23-14/h5-10H,1-4H3,(H,17,21). The molecule has 0 unspecified atom stereocenters. The van der Waals surface area contributed by atoms with Crippen LogP contribution < -0.4 is 10.1 Å². The Hall–Kier alpha value is -2.41. The van der Waals surface area contributed by atoms with Crippen LogP contribution in [-0.4, -0.2) is 22.2 Å². The highest BCUT2D eigenvalue weighted by molar-refractivity contribution is 7.07. The Kier molecular flexibility index (Phi) is 5.00. The Morgan fingerprint density at radius 3 is 2.39 bits per heavy atom. The molecule has 0 saturated carbocycles. The van der Waals surface area contributed by atoms with Crippen molar-refractivity contribution in [2.75, 3.05) is 5.32 Å². The number of thiazole rings is 1. The highest BCUT2D eigenvalue weighted by atomic mass is 32.1. The number of carbonyl (C=O) groups excluding carboxylic acids is 2. The third-order valence-corrected chi connectivity index (χ3v) is 3.58. The van der Waals surface area contributed by atoms with Gasteiger partial charge in [0.15, 0.2) is 4.80 Å². The number of anilines is 1. The molecule has 2 rings (SSSR count). The number of hydrogen-bond acceptors (Lipinski definition) is 4. The first-order valence-electron chi connectivity index (χ1n) is 7.04. The highest BCUT2D eigenvalue weighted by Crippen LogP contribution is 2.13. The molecule has 23 heavy (non-hydrogen) atoms. The van der Waals surface area contributed by atoms with E-state index in [1.165, 1.54) is 11.3 Å². The van der Waals surface area contributed by atoms with Gasteiger partial charge < -0.3 is 9.30 Å². The SMILES string of the molecule is Cn1ccsc1=NC(=O)c1ccc(NC(=O)OC(C)(C)C)cc1. The maximum absolute atomic E-state index is 12.1. The number of nitrogens with zero attached hydrogens (tertiary/aromatic N) is 2. The Bertz CT molecular complexity index is 767. The number of hydrogen-bond donors (Lipinski definition) is 1. The van der Waals surface area contributed by atoms with Gasteiger partial charge in [0.25, 0.3) is 5.91 Å². The second-order valence-electron chi connectivity index (χ2n) is 5.92. The molecule has 1 aromatic carbocycles. The van der Waals surface area contributed by atoms with Gasteiger partial charge in [-0.25, -0.2) is 4.79 Å².